The number of hydrogen-bond donors (Lipinski definition) is 1. The van der Waals surface area contributed by atoms with Crippen LogP contribution in [-0.2, 0) is 0 Å². The van der Waals surface area contributed by atoms with E-state index in [1.54, 1.807) is 19.1 Å². The molecule has 0 saturated carbocycles. The Balaban J connectivity index is 2.65. The summed E-state index contributed by atoms with van der Waals surface area (Å²) in [6.45, 7) is 1.64. The maximum absolute atomic E-state index is 11.4. The minimum atomic E-state index is -0.451. The number of nitrogens with zero attached hydrogens (tertiary/aromatic N) is 1. The lowest BCUT2D eigenvalue weighted by molar-refractivity contribution is 0.0952. The Morgan fingerprint density at radius 2 is 2.46 bits per heavy atom. The quantitative estimate of drug-likeness (QED) is 0.884. The molecule has 0 aliphatic carbocycles. The summed E-state index contributed by atoms with van der Waals surface area (Å²) in [4.78, 5) is 12.0. The van der Waals surface area contributed by atoms with Gasteiger partial charge in [0.15, 0.2) is 0 Å². The molecule has 1 N–H and O–H groups in total. The Labute approximate surface area is 88.5 Å². The predicted molar refractivity (Wildman–Crippen MR) is 54.6 cm³/mol. The van der Waals surface area contributed by atoms with Gasteiger partial charge in [0.05, 0.1) is 14.7 Å². The molecule has 1 aromatic rings. The van der Waals surface area contributed by atoms with E-state index in [1.165, 1.54) is 11.3 Å². The molecule has 3 nitrogen and oxygen atoms in total. The van der Waals surface area contributed by atoms with E-state index in [2.05, 4.69) is 21.2 Å². The second kappa shape index (κ2) is 4.40. The highest BCUT2D eigenvalue weighted by Crippen LogP contribution is 2.21. The molecule has 13 heavy (non-hydrogen) atoms. The molecule has 0 aromatic carbocycles. The van der Waals surface area contributed by atoms with Crippen LogP contribution in [0.5, 0.6) is 0 Å². The lowest BCUT2D eigenvalue weighted by atomic mass is 10.3. The second-order valence-electron chi connectivity index (χ2n) is 2.43. The van der Waals surface area contributed by atoms with E-state index in [0.29, 0.717) is 4.88 Å². The van der Waals surface area contributed by atoms with Crippen LogP contribution in [0.1, 0.15) is 16.6 Å². The van der Waals surface area contributed by atoms with Crippen molar-refractivity contribution in [1.29, 1.82) is 5.26 Å². The van der Waals surface area contributed by atoms with E-state index < -0.39 is 6.04 Å². The van der Waals surface area contributed by atoms with Gasteiger partial charge in [-0.1, -0.05) is 0 Å². The van der Waals surface area contributed by atoms with Crippen LogP contribution in [0.25, 0.3) is 0 Å². The SMILES string of the molecule is CC(C#N)NC(=O)c1ccc(Br)s1. The molecule has 1 heterocycles. The lowest BCUT2D eigenvalue weighted by Gasteiger charge is -2.03. The van der Waals surface area contributed by atoms with Gasteiger partial charge in [0.25, 0.3) is 5.91 Å². The van der Waals surface area contributed by atoms with E-state index in [4.69, 9.17) is 5.26 Å². The van der Waals surface area contributed by atoms with Crippen LogP contribution < -0.4 is 5.32 Å². The van der Waals surface area contributed by atoms with Crippen molar-refractivity contribution in [2.75, 3.05) is 0 Å². The van der Waals surface area contributed by atoms with Gasteiger partial charge in [0.2, 0.25) is 0 Å². The average Bonchev–Trinajstić information content (AvgIpc) is 2.51. The number of halogens is 1. The monoisotopic (exact) mass is 258 g/mol. The van der Waals surface area contributed by atoms with Gasteiger partial charge in [-0.05, 0) is 35.0 Å². The highest BCUT2D eigenvalue weighted by Gasteiger charge is 2.10. The maximum Gasteiger partial charge on any atom is 0.262 e. The second-order valence-corrected chi connectivity index (χ2v) is 4.89. The van der Waals surface area contributed by atoms with Crippen molar-refractivity contribution in [3.8, 4) is 6.07 Å². The van der Waals surface area contributed by atoms with Gasteiger partial charge in [-0.3, -0.25) is 4.79 Å². The maximum atomic E-state index is 11.4. The van der Waals surface area contributed by atoms with Crippen molar-refractivity contribution in [2.45, 2.75) is 13.0 Å². The molecular formula is C8H7BrN2OS. The lowest BCUT2D eigenvalue weighted by Crippen LogP contribution is -2.30. The van der Waals surface area contributed by atoms with Crippen LogP contribution in [0.2, 0.25) is 0 Å². The summed E-state index contributed by atoms with van der Waals surface area (Å²) in [5.74, 6) is -0.204. The number of nitrogens with one attached hydrogen (secondary N) is 1. The summed E-state index contributed by atoms with van der Waals surface area (Å²) < 4.78 is 0.905. The summed E-state index contributed by atoms with van der Waals surface area (Å²) in [5.41, 5.74) is 0. The van der Waals surface area contributed by atoms with Gasteiger partial charge in [-0.15, -0.1) is 11.3 Å². The third-order valence-electron chi connectivity index (χ3n) is 1.34. The molecule has 0 fully saturated rings. The summed E-state index contributed by atoms with van der Waals surface area (Å²) in [7, 11) is 0. The van der Waals surface area contributed by atoms with Gasteiger partial charge in [-0.2, -0.15) is 5.26 Å². The van der Waals surface area contributed by atoms with E-state index >= 15 is 0 Å². The first-order valence-corrected chi connectivity index (χ1v) is 5.20. The van der Waals surface area contributed by atoms with E-state index in [-0.39, 0.29) is 5.91 Å². The number of nitriles is 1. The fraction of sp³-hybridized carbons (Fsp3) is 0.250. The Morgan fingerprint density at radius 1 is 1.77 bits per heavy atom. The van der Waals surface area contributed by atoms with Crippen molar-refractivity contribution in [3.63, 3.8) is 0 Å². The highest BCUT2D eigenvalue weighted by molar-refractivity contribution is 9.11. The fourth-order valence-corrected chi connectivity index (χ4v) is 2.03. The third kappa shape index (κ3) is 2.83. The molecule has 0 bridgehead atoms. The summed E-state index contributed by atoms with van der Waals surface area (Å²) >= 11 is 4.60. The van der Waals surface area contributed by atoms with Crippen LogP contribution >= 0.6 is 27.3 Å². The number of hydrogen-bond acceptors (Lipinski definition) is 3. The molecular weight excluding hydrogens is 252 g/mol. The Morgan fingerprint density at radius 3 is 2.92 bits per heavy atom. The summed E-state index contributed by atoms with van der Waals surface area (Å²) in [6, 6.07) is 5.00. The van der Waals surface area contributed by atoms with Crippen LogP contribution in [0.3, 0.4) is 0 Å². The summed E-state index contributed by atoms with van der Waals surface area (Å²) in [5, 5.41) is 11.0. The van der Waals surface area contributed by atoms with Crippen molar-refractivity contribution in [3.05, 3.63) is 20.8 Å². The van der Waals surface area contributed by atoms with Gasteiger partial charge in [0.1, 0.15) is 6.04 Å². The average molecular weight is 259 g/mol. The zero-order valence-electron chi connectivity index (χ0n) is 6.87. The zero-order valence-corrected chi connectivity index (χ0v) is 9.28. The van der Waals surface area contributed by atoms with Gasteiger partial charge < -0.3 is 5.32 Å². The molecule has 1 aromatic heterocycles. The zero-order chi connectivity index (χ0) is 9.84. The van der Waals surface area contributed by atoms with Crippen LogP contribution in [0.15, 0.2) is 15.9 Å². The predicted octanol–water partition coefficient (Wildman–Crippen LogP) is 2.15. The summed E-state index contributed by atoms with van der Waals surface area (Å²) in [6.07, 6.45) is 0. The molecule has 1 atom stereocenters. The molecule has 0 spiro atoms. The molecule has 1 rings (SSSR count). The number of rotatable bonds is 2. The molecule has 1 amide bonds. The van der Waals surface area contributed by atoms with Gasteiger partial charge in [0, 0.05) is 0 Å². The topological polar surface area (TPSA) is 52.9 Å². The first-order chi connectivity index (χ1) is 6.13. The van der Waals surface area contributed by atoms with E-state index in [1.807, 2.05) is 6.07 Å². The third-order valence-corrected chi connectivity index (χ3v) is 2.96. The minimum absolute atomic E-state index is 0.204. The first-order valence-electron chi connectivity index (χ1n) is 3.59. The van der Waals surface area contributed by atoms with Crippen LogP contribution in [0.4, 0.5) is 0 Å². The van der Waals surface area contributed by atoms with Crippen molar-refractivity contribution >= 4 is 33.2 Å². The minimum Gasteiger partial charge on any atom is -0.336 e. The first kappa shape index (κ1) is 10.2. The van der Waals surface area contributed by atoms with E-state index in [9.17, 15) is 4.79 Å². The Bertz CT molecular complexity index is 355. The number of thiophene rings is 1. The van der Waals surface area contributed by atoms with Crippen LogP contribution in [-0.4, -0.2) is 11.9 Å². The number of amides is 1. The van der Waals surface area contributed by atoms with Crippen LogP contribution in [0, 0.1) is 11.3 Å². The molecule has 0 saturated heterocycles. The fourth-order valence-electron chi connectivity index (χ4n) is 0.736. The Hall–Kier alpha value is -0.860. The molecule has 0 aliphatic heterocycles. The Kier molecular flexibility index (Phi) is 3.46. The van der Waals surface area contributed by atoms with Gasteiger partial charge >= 0.3 is 0 Å². The van der Waals surface area contributed by atoms with Crippen molar-refractivity contribution < 1.29 is 4.79 Å². The smallest absolute Gasteiger partial charge is 0.262 e. The molecule has 0 radical (unpaired) electrons. The largest absolute Gasteiger partial charge is 0.336 e. The number of carbonyl (C=O) groups is 1. The highest BCUT2D eigenvalue weighted by atomic mass is 79.9. The molecule has 0 aliphatic rings. The number of carbonyl (C=O) groups excluding carboxylic acids is 1. The molecule has 1 unspecified atom stereocenters. The molecule has 5 heteroatoms. The standard InChI is InChI=1S/C8H7BrN2OS/c1-5(4-10)11-8(12)6-2-3-7(9)13-6/h2-3,5H,1H3,(H,11,12). The van der Waals surface area contributed by atoms with Gasteiger partial charge in [-0.25, -0.2) is 0 Å². The van der Waals surface area contributed by atoms with E-state index in [0.717, 1.165) is 3.79 Å². The molecule has 68 valence electrons. The van der Waals surface area contributed by atoms with Crippen molar-refractivity contribution in [2.24, 2.45) is 0 Å². The van der Waals surface area contributed by atoms with Crippen molar-refractivity contribution in [1.82, 2.24) is 5.32 Å². The normalized spacial score (nSPS) is 11.8.